The van der Waals surface area contributed by atoms with Crippen LogP contribution in [0.4, 0.5) is 0 Å². The van der Waals surface area contributed by atoms with Gasteiger partial charge in [0.2, 0.25) is 5.16 Å². The second kappa shape index (κ2) is 5.68. The number of imidazole rings is 1. The second-order valence-electron chi connectivity index (χ2n) is 4.91. The van der Waals surface area contributed by atoms with E-state index in [1.165, 1.54) is 0 Å². The molecule has 7 heteroatoms. The average Bonchev–Trinajstić information content (AvgIpc) is 3.16. The number of thiazole rings is 1. The minimum Gasteiger partial charge on any atom is -0.288 e. The molecule has 1 aromatic carbocycles. The molecule has 23 heavy (non-hydrogen) atoms. The lowest BCUT2D eigenvalue weighted by atomic mass is 10.1. The van der Waals surface area contributed by atoms with Crippen molar-refractivity contribution >= 4 is 27.1 Å². The quantitative estimate of drug-likeness (QED) is 0.537. The molecule has 0 amide bonds. The minimum absolute atomic E-state index is 0.326. The largest absolute Gasteiger partial charge is 0.288 e. The molecule has 3 heterocycles. The van der Waals surface area contributed by atoms with Crippen LogP contribution < -0.4 is 0 Å². The third-order valence-corrected chi connectivity index (χ3v) is 4.91. The zero-order chi connectivity index (χ0) is 15.8. The number of hydrogen-bond donors (Lipinski definition) is 0. The van der Waals surface area contributed by atoms with Gasteiger partial charge in [-0.2, -0.15) is 0 Å². The highest BCUT2D eigenvalue weighted by atomic mass is 32.2. The summed E-state index contributed by atoms with van der Waals surface area (Å²) in [5.74, 6) is 0. The smallest absolute Gasteiger partial charge is 0.218 e. The Labute approximate surface area is 139 Å². The van der Waals surface area contributed by atoms with Gasteiger partial charge in [-0.3, -0.25) is 8.61 Å². The number of hydrogen-bond acceptors (Lipinski definition) is 5. The third kappa shape index (κ3) is 2.47. The van der Waals surface area contributed by atoms with Crippen LogP contribution in [-0.4, -0.2) is 29.8 Å². The van der Waals surface area contributed by atoms with E-state index in [0.29, 0.717) is 5.16 Å². The molecule has 114 valence electrons. The van der Waals surface area contributed by atoms with E-state index in [1.807, 2.05) is 52.4 Å². The molecule has 0 saturated carbocycles. The van der Waals surface area contributed by atoms with Gasteiger partial charge in [-0.05, 0) is 6.07 Å². The molecule has 0 saturated heterocycles. The molecule has 0 fully saturated rings. The lowest BCUT2D eigenvalue weighted by molar-refractivity contribution is 0.680. The van der Waals surface area contributed by atoms with Crippen molar-refractivity contribution in [3.63, 3.8) is 0 Å². The molecular formula is C16H12N4OS2. The van der Waals surface area contributed by atoms with E-state index in [-0.39, 0.29) is 0 Å². The summed E-state index contributed by atoms with van der Waals surface area (Å²) in [5.41, 5.74) is 3.50. The van der Waals surface area contributed by atoms with Gasteiger partial charge in [0.25, 0.3) is 0 Å². The number of benzene rings is 1. The Morgan fingerprint density at radius 1 is 1.13 bits per heavy atom. The maximum atomic E-state index is 11.7. The highest BCUT2D eigenvalue weighted by Gasteiger charge is 2.18. The Morgan fingerprint density at radius 3 is 2.74 bits per heavy atom. The van der Waals surface area contributed by atoms with Crippen molar-refractivity contribution in [2.45, 2.75) is 5.16 Å². The van der Waals surface area contributed by atoms with E-state index in [9.17, 15) is 4.21 Å². The fraction of sp³-hybridized carbons (Fsp3) is 0.0625. The molecule has 0 aliphatic carbocycles. The Bertz CT molecular complexity index is 1010. The molecule has 0 radical (unpaired) electrons. The molecule has 0 bridgehead atoms. The van der Waals surface area contributed by atoms with Crippen molar-refractivity contribution in [3.05, 3.63) is 54.2 Å². The van der Waals surface area contributed by atoms with Crippen molar-refractivity contribution in [2.75, 3.05) is 6.26 Å². The van der Waals surface area contributed by atoms with Gasteiger partial charge < -0.3 is 0 Å². The maximum Gasteiger partial charge on any atom is 0.218 e. The van der Waals surface area contributed by atoms with Gasteiger partial charge in [-0.25, -0.2) is 15.0 Å². The van der Waals surface area contributed by atoms with Crippen molar-refractivity contribution in [1.29, 1.82) is 0 Å². The van der Waals surface area contributed by atoms with Gasteiger partial charge in [-0.1, -0.05) is 30.3 Å². The van der Waals surface area contributed by atoms with E-state index < -0.39 is 10.8 Å². The minimum atomic E-state index is -1.23. The topological polar surface area (TPSA) is 60.2 Å². The summed E-state index contributed by atoms with van der Waals surface area (Å²) < 4.78 is 13.7. The first-order valence-corrected chi connectivity index (χ1v) is 9.35. The fourth-order valence-electron chi connectivity index (χ4n) is 2.44. The number of rotatable bonds is 3. The van der Waals surface area contributed by atoms with E-state index in [1.54, 1.807) is 23.8 Å². The van der Waals surface area contributed by atoms with Crippen LogP contribution >= 0.6 is 11.3 Å². The fourth-order valence-corrected chi connectivity index (χ4v) is 3.59. The van der Waals surface area contributed by atoms with E-state index in [0.717, 1.165) is 27.6 Å². The summed E-state index contributed by atoms with van der Waals surface area (Å²) >= 11 is 1.57. The van der Waals surface area contributed by atoms with Crippen LogP contribution in [0.1, 0.15) is 0 Å². The molecule has 1 atom stereocenters. The predicted molar refractivity (Wildman–Crippen MR) is 91.9 cm³/mol. The summed E-state index contributed by atoms with van der Waals surface area (Å²) in [6.07, 6.45) is 5.19. The van der Waals surface area contributed by atoms with E-state index >= 15 is 0 Å². The zero-order valence-electron chi connectivity index (χ0n) is 12.2. The molecule has 4 rings (SSSR count). The molecule has 0 aliphatic rings. The van der Waals surface area contributed by atoms with Crippen molar-refractivity contribution in [1.82, 2.24) is 19.4 Å². The first kappa shape index (κ1) is 14.2. The molecular weight excluding hydrogens is 328 g/mol. The molecule has 3 aromatic heterocycles. The van der Waals surface area contributed by atoms with Crippen molar-refractivity contribution in [2.24, 2.45) is 0 Å². The Balaban J connectivity index is 2.00. The summed E-state index contributed by atoms with van der Waals surface area (Å²) in [7, 11) is -1.23. The monoisotopic (exact) mass is 340 g/mol. The van der Waals surface area contributed by atoms with Crippen LogP contribution in [0.3, 0.4) is 0 Å². The molecule has 4 aromatic rings. The third-order valence-electron chi connectivity index (χ3n) is 3.44. The van der Waals surface area contributed by atoms with Crippen LogP contribution in [-0.2, 0) is 10.8 Å². The normalized spacial score (nSPS) is 12.6. The Hall–Kier alpha value is -2.38. The van der Waals surface area contributed by atoms with E-state index in [2.05, 4.69) is 9.97 Å². The van der Waals surface area contributed by atoms with Crippen LogP contribution in [0.25, 0.3) is 27.6 Å². The average molecular weight is 340 g/mol. The lowest BCUT2D eigenvalue weighted by Gasteiger charge is -2.05. The molecule has 0 N–H and O–H groups in total. The Kier molecular flexibility index (Phi) is 3.51. The van der Waals surface area contributed by atoms with Gasteiger partial charge in [0, 0.05) is 29.6 Å². The van der Waals surface area contributed by atoms with Crippen molar-refractivity contribution in [3.8, 4) is 22.6 Å². The molecule has 1 unspecified atom stereocenters. The molecule has 5 nitrogen and oxygen atoms in total. The number of aromatic nitrogens is 4. The van der Waals surface area contributed by atoms with Gasteiger partial charge in [0.1, 0.15) is 5.69 Å². The van der Waals surface area contributed by atoms with Gasteiger partial charge in [0.15, 0.2) is 4.96 Å². The standard InChI is InChI=1S/C16H12N4OS2/c1-23(21)15-17-8-7-12(18-15)14-13(11-5-3-2-4-6-11)19-16-20(14)9-10-22-16/h2-10H,1H3. The van der Waals surface area contributed by atoms with Crippen LogP contribution in [0, 0.1) is 0 Å². The van der Waals surface area contributed by atoms with Crippen molar-refractivity contribution < 1.29 is 4.21 Å². The Morgan fingerprint density at radius 2 is 1.96 bits per heavy atom. The van der Waals surface area contributed by atoms with Crippen LogP contribution in [0.2, 0.25) is 0 Å². The van der Waals surface area contributed by atoms with Gasteiger partial charge in [-0.15, -0.1) is 11.3 Å². The first-order chi connectivity index (χ1) is 11.2. The zero-order valence-corrected chi connectivity index (χ0v) is 13.8. The number of nitrogens with zero attached hydrogens (tertiary/aromatic N) is 4. The predicted octanol–water partition coefficient (Wildman–Crippen LogP) is 3.26. The SMILES string of the molecule is CS(=O)c1nccc(-c2c(-c3ccccc3)nc3sccn23)n1. The van der Waals surface area contributed by atoms with E-state index in [4.69, 9.17) is 4.98 Å². The number of fused-ring (bicyclic) bond motifs is 1. The van der Waals surface area contributed by atoms with Crippen LogP contribution in [0.15, 0.2) is 59.3 Å². The van der Waals surface area contributed by atoms with Gasteiger partial charge in [0.05, 0.1) is 22.2 Å². The summed E-state index contributed by atoms with van der Waals surface area (Å²) in [6, 6.07) is 11.8. The molecule has 0 aliphatic heterocycles. The lowest BCUT2D eigenvalue weighted by Crippen LogP contribution is -1.99. The summed E-state index contributed by atoms with van der Waals surface area (Å²) in [4.78, 5) is 14.2. The molecule has 0 spiro atoms. The highest BCUT2D eigenvalue weighted by molar-refractivity contribution is 7.84. The van der Waals surface area contributed by atoms with Gasteiger partial charge >= 0.3 is 0 Å². The van der Waals surface area contributed by atoms with Crippen LogP contribution in [0.5, 0.6) is 0 Å². The summed E-state index contributed by atoms with van der Waals surface area (Å²) in [6.45, 7) is 0. The first-order valence-electron chi connectivity index (χ1n) is 6.92. The second-order valence-corrected chi connectivity index (χ2v) is 7.06. The maximum absolute atomic E-state index is 11.7. The highest BCUT2D eigenvalue weighted by Crippen LogP contribution is 2.33. The summed E-state index contributed by atoms with van der Waals surface area (Å²) in [5, 5.41) is 2.31.